The highest BCUT2D eigenvalue weighted by atomic mass is 16.2. The summed E-state index contributed by atoms with van der Waals surface area (Å²) in [6, 6.07) is 14.7. The number of nitrogens with zero attached hydrogens (tertiary/aromatic N) is 3. The Morgan fingerprint density at radius 3 is 2.17 bits per heavy atom. The smallest absolute Gasteiger partial charge is 0.272 e. The van der Waals surface area contributed by atoms with Crippen molar-refractivity contribution in [2.75, 3.05) is 31.1 Å². The van der Waals surface area contributed by atoms with Crippen molar-refractivity contribution in [2.24, 2.45) is 0 Å². The maximum Gasteiger partial charge on any atom is 0.272 e. The average Bonchev–Trinajstić information content (AvgIpc) is 3.17. The van der Waals surface area contributed by atoms with Crippen LogP contribution in [0.3, 0.4) is 0 Å². The molecule has 2 aromatic carbocycles. The van der Waals surface area contributed by atoms with Gasteiger partial charge in [-0.2, -0.15) is 5.10 Å². The lowest BCUT2D eigenvalue weighted by atomic mass is 10.0. The molecule has 0 saturated carbocycles. The van der Waals surface area contributed by atoms with Gasteiger partial charge in [-0.1, -0.05) is 41.5 Å². The summed E-state index contributed by atoms with van der Waals surface area (Å²) in [7, 11) is 0. The summed E-state index contributed by atoms with van der Waals surface area (Å²) in [5, 5.41) is 7.34. The zero-order valence-electron chi connectivity index (χ0n) is 17.6. The molecule has 3 aromatic rings. The number of nitrogens with one attached hydrogen (secondary N) is 1. The summed E-state index contributed by atoms with van der Waals surface area (Å²) in [4.78, 5) is 17.3. The third-order valence-corrected chi connectivity index (χ3v) is 5.73. The number of rotatable bonds is 3. The lowest BCUT2D eigenvalue weighted by Gasteiger charge is -2.36. The number of amides is 1. The molecule has 1 aliphatic heterocycles. The molecule has 0 spiro atoms. The maximum absolute atomic E-state index is 13.0. The van der Waals surface area contributed by atoms with Gasteiger partial charge in [0.25, 0.3) is 5.91 Å². The van der Waals surface area contributed by atoms with Crippen LogP contribution in [0.25, 0.3) is 11.3 Å². The van der Waals surface area contributed by atoms with E-state index in [0.29, 0.717) is 18.8 Å². The Hall–Kier alpha value is -3.08. The molecule has 1 aliphatic rings. The number of piperazine rings is 1. The Balaban J connectivity index is 1.44. The molecule has 0 aliphatic carbocycles. The van der Waals surface area contributed by atoms with Crippen LogP contribution in [-0.2, 0) is 0 Å². The molecule has 1 amide bonds. The summed E-state index contributed by atoms with van der Waals surface area (Å²) < 4.78 is 0. The van der Waals surface area contributed by atoms with Gasteiger partial charge in [0, 0.05) is 37.4 Å². The van der Waals surface area contributed by atoms with Crippen LogP contribution in [0, 0.1) is 27.7 Å². The lowest BCUT2D eigenvalue weighted by Crippen LogP contribution is -2.49. The van der Waals surface area contributed by atoms with Crippen LogP contribution in [-0.4, -0.2) is 47.2 Å². The van der Waals surface area contributed by atoms with Crippen LogP contribution in [0.2, 0.25) is 0 Å². The first-order valence-corrected chi connectivity index (χ1v) is 10.2. The molecule has 2 heterocycles. The van der Waals surface area contributed by atoms with Gasteiger partial charge < -0.3 is 9.80 Å². The maximum atomic E-state index is 13.0. The molecule has 0 atom stereocenters. The molecule has 29 heavy (non-hydrogen) atoms. The third-order valence-electron chi connectivity index (χ3n) is 5.73. The van der Waals surface area contributed by atoms with E-state index in [1.807, 2.05) is 11.0 Å². The van der Waals surface area contributed by atoms with Gasteiger partial charge in [-0.05, 0) is 51.0 Å². The summed E-state index contributed by atoms with van der Waals surface area (Å²) >= 11 is 0. The van der Waals surface area contributed by atoms with Gasteiger partial charge in [-0.15, -0.1) is 0 Å². The molecule has 1 fully saturated rings. The standard InChI is InChI=1S/C24H28N4O/c1-16-5-7-20(18(3)13-16)21-15-22(26-25-21)24(29)28-11-9-27(10-12-28)23-8-6-17(2)14-19(23)4/h5-8,13-15H,9-12H2,1-4H3,(H,25,26). The molecular formula is C24H28N4O. The Labute approximate surface area is 172 Å². The fraction of sp³-hybridized carbons (Fsp3) is 0.333. The number of aryl methyl sites for hydroxylation is 4. The molecular weight excluding hydrogens is 360 g/mol. The minimum atomic E-state index is 0.0220. The minimum absolute atomic E-state index is 0.0220. The second-order valence-electron chi connectivity index (χ2n) is 8.05. The molecule has 0 unspecified atom stereocenters. The highest BCUT2D eigenvalue weighted by Crippen LogP contribution is 2.25. The first-order valence-electron chi connectivity index (χ1n) is 10.2. The molecule has 1 N–H and O–H groups in total. The van der Waals surface area contributed by atoms with E-state index in [4.69, 9.17) is 0 Å². The predicted octanol–water partition coefficient (Wildman–Crippen LogP) is 4.27. The van der Waals surface area contributed by atoms with E-state index in [1.54, 1.807) is 0 Å². The van der Waals surface area contributed by atoms with Gasteiger partial charge in [0.1, 0.15) is 5.69 Å². The molecule has 1 aromatic heterocycles. The van der Waals surface area contributed by atoms with Crippen molar-refractivity contribution >= 4 is 11.6 Å². The first kappa shape index (κ1) is 19.2. The zero-order valence-corrected chi connectivity index (χ0v) is 17.6. The number of anilines is 1. The van der Waals surface area contributed by atoms with E-state index in [0.717, 1.165) is 29.9 Å². The molecule has 150 valence electrons. The number of hydrogen-bond acceptors (Lipinski definition) is 3. The number of carbonyl (C=O) groups excluding carboxylic acids is 1. The SMILES string of the molecule is Cc1ccc(-c2cc(C(=O)N3CCN(c4ccc(C)cc4C)CC3)[nH]n2)c(C)c1. The Morgan fingerprint density at radius 2 is 1.52 bits per heavy atom. The van der Waals surface area contributed by atoms with Crippen LogP contribution in [0.1, 0.15) is 32.7 Å². The van der Waals surface area contributed by atoms with Crippen LogP contribution >= 0.6 is 0 Å². The molecule has 5 nitrogen and oxygen atoms in total. The van der Waals surface area contributed by atoms with E-state index >= 15 is 0 Å². The number of aromatic nitrogens is 2. The molecule has 1 saturated heterocycles. The van der Waals surface area contributed by atoms with Crippen LogP contribution in [0.4, 0.5) is 5.69 Å². The van der Waals surface area contributed by atoms with Gasteiger partial charge >= 0.3 is 0 Å². The number of hydrogen-bond donors (Lipinski definition) is 1. The Bertz CT molecular complexity index is 1040. The topological polar surface area (TPSA) is 52.2 Å². The fourth-order valence-corrected chi connectivity index (χ4v) is 4.15. The number of benzene rings is 2. The zero-order chi connectivity index (χ0) is 20.5. The third kappa shape index (κ3) is 3.90. The van der Waals surface area contributed by atoms with Crippen molar-refractivity contribution in [3.05, 3.63) is 70.4 Å². The second-order valence-corrected chi connectivity index (χ2v) is 8.05. The van der Waals surface area contributed by atoms with Crippen molar-refractivity contribution in [1.29, 1.82) is 0 Å². The highest BCUT2D eigenvalue weighted by Gasteiger charge is 2.24. The monoisotopic (exact) mass is 388 g/mol. The Morgan fingerprint density at radius 1 is 0.862 bits per heavy atom. The predicted molar refractivity (Wildman–Crippen MR) is 118 cm³/mol. The first-order chi connectivity index (χ1) is 13.9. The van der Waals surface area contributed by atoms with Gasteiger partial charge in [0.2, 0.25) is 0 Å². The van der Waals surface area contributed by atoms with E-state index in [9.17, 15) is 4.79 Å². The van der Waals surface area contributed by atoms with Crippen molar-refractivity contribution in [2.45, 2.75) is 27.7 Å². The normalized spacial score (nSPS) is 14.3. The van der Waals surface area contributed by atoms with E-state index in [2.05, 4.69) is 79.2 Å². The summed E-state index contributed by atoms with van der Waals surface area (Å²) in [5.41, 5.74) is 8.65. The molecule has 0 radical (unpaired) electrons. The quantitative estimate of drug-likeness (QED) is 0.729. The average molecular weight is 389 g/mol. The van der Waals surface area contributed by atoms with Gasteiger partial charge in [-0.25, -0.2) is 0 Å². The van der Waals surface area contributed by atoms with Crippen LogP contribution < -0.4 is 4.90 Å². The molecule has 0 bridgehead atoms. The van der Waals surface area contributed by atoms with Gasteiger partial charge in [0.15, 0.2) is 0 Å². The number of H-pyrrole nitrogens is 1. The van der Waals surface area contributed by atoms with E-state index in [1.165, 1.54) is 22.4 Å². The molecule has 4 rings (SSSR count). The van der Waals surface area contributed by atoms with Crippen LogP contribution in [0.15, 0.2) is 42.5 Å². The van der Waals surface area contributed by atoms with Crippen molar-refractivity contribution in [1.82, 2.24) is 15.1 Å². The Kier molecular flexibility index (Phi) is 5.14. The van der Waals surface area contributed by atoms with Crippen molar-refractivity contribution in [3.63, 3.8) is 0 Å². The van der Waals surface area contributed by atoms with Gasteiger partial charge in [-0.3, -0.25) is 9.89 Å². The van der Waals surface area contributed by atoms with E-state index in [-0.39, 0.29) is 5.91 Å². The summed E-state index contributed by atoms with van der Waals surface area (Å²) in [6.07, 6.45) is 0. The lowest BCUT2D eigenvalue weighted by molar-refractivity contribution is 0.0741. The summed E-state index contributed by atoms with van der Waals surface area (Å²) in [5.74, 6) is 0.0220. The second kappa shape index (κ2) is 7.74. The fourth-order valence-electron chi connectivity index (χ4n) is 4.15. The van der Waals surface area contributed by atoms with E-state index < -0.39 is 0 Å². The largest absolute Gasteiger partial charge is 0.368 e. The van der Waals surface area contributed by atoms with Crippen molar-refractivity contribution in [3.8, 4) is 11.3 Å². The van der Waals surface area contributed by atoms with Gasteiger partial charge in [0.05, 0.1) is 5.69 Å². The number of aromatic amines is 1. The number of carbonyl (C=O) groups is 1. The molecule has 5 heteroatoms. The minimum Gasteiger partial charge on any atom is -0.368 e. The van der Waals surface area contributed by atoms with Crippen molar-refractivity contribution < 1.29 is 4.79 Å². The highest BCUT2D eigenvalue weighted by molar-refractivity contribution is 5.93. The van der Waals surface area contributed by atoms with Crippen LogP contribution in [0.5, 0.6) is 0 Å². The summed E-state index contributed by atoms with van der Waals surface area (Å²) in [6.45, 7) is 11.5.